The highest BCUT2D eigenvalue weighted by atomic mass is 16.5. The van der Waals surface area contributed by atoms with E-state index in [0.29, 0.717) is 18.7 Å². The van der Waals surface area contributed by atoms with E-state index in [1.165, 1.54) is 0 Å². The molecule has 0 atom stereocenters. The molecular formula is C17H23NO3. The molecule has 0 spiro atoms. The van der Waals surface area contributed by atoms with Crippen molar-refractivity contribution in [3.63, 3.8) is 0 Å². The molecule has 1 aromatic carbocycles. The summed E-state index contributed by atoms with van der Waals surface area (Å²) in [4.78, 5) is 12.1. The third kappa shape index (κ3) is 6.44. The molecule has 0 aliphatic rings. The van der Waals surface area contributed by atoms with Crippen LogP contribution in [0.15, 0.2) is 18.2 Å². The molecule has 0 saturated heterocycles. The molecule has 0 unspecified atom stereocenters. The molecule has 0 heterocycles. The van der Waals surface area contributed by atoms with E-state index in [-0.39, 0.29) is 12.5 Å². The van der Waals surface area contributed by atoms with Crippen LogP contribution < -0.4 is 5.32 Å². The van der Waals surface area contributed by atoms with Gasteiger partial charge in [-0.25, -0.2) is 0 Å². The van der Waals surface area contributed by atoms with E-state index in [1.807, 2.05) is 19.1 Å². The Morgan fingerprint density at radius 3 is 2.90 bits per heavy atom. The van der Waals surface area contributed by atoms with Crippen molar-refractivity contribution in [1.82, 2.24) is 5.32 Å². The second kappa shape index (κ2) is 9.98. The summed E-state index contributed by atoms with van der Waals surface area (Å²) in [5.41, 5.74) is 2.22. The van der Waals surface area contributed by atoms with E-state index >= 15 is 0 Å². The number of aryl methyl sites for hydroxylation is 1. The monoisotopic (exact) mass is 289 g/mol. The highest BCUT2D eigenvalue weighted by molar-refractivity contribution is 5.96. The van der Waals surface area contributed by atoms with Gasteiger partial charge in [-0.1, -0.05) is 31.3 Å². The topological polar surface area (TPSA) is 58.6 Å². The third-order valence-electron chi connectivity index (χ3n) is 2.97. The SMILES string of the molecule is CCCCOCCNC(=O)c1cc(C#CCO)ccc1C. The lowest BCUT2D eigenvalue weighted by Crippen LogP contribution is -2.28. The van der Waals surface area contributed by atoms with Crippen LogP contribution in [0, 0.1) is 18.8 Å². The Morgan fingerprint density at radius 1 is 1.38 bits per heavy atom. The Labute approximate surface area is 126 Å². The molecule has 21 heavy (non-hydrogen) atoms. The van der Waals surface area contributed by atoms with Crippen molar-refractivity contribution in [2.75, 3.05) is 26.4 Å². The fourth-order valence-electron chi connectivity index (χ4n) is 1.77. The molecule has 0 saturated carbocycles. The summed E-state index contributed by atoms with van der Waals surface area (Å²) in [6.07, 6.45) is 2.14. The average Bonchev–Trinajstić information content (AvgIpc) is 2.49. The van der Waals surface area contributed by atoms with Crippen LogP contribution in [0.5, 0.6) is 0 Å². The Morgan fingerprint density at radius 2 is 2.19 bits per heavy atom. The van der Waals surface area contributed by atoms with Gasteiger partial charge >= 0.3 is 0 Å². The number of hydrogen-bond acceptors (Lipinski definition) is 3. The predicted molar refractivity (Wildman–Crippen MR) is 83.2 cm³/mol. The van der Waals surface area contributed by atoms with Gasteiger partial charge in [0.25, 0.3) is 5.91 Å². The highest BCUT2D eigenvalue weighted by Crippen LogP contribution is 2.10. The maximum atomic E-state index is 12.1. The number of rotatable bonds is 7. The van der Waals surface area contributed by atoms with Gasteiger partial charge in [0.2, 0.25) is 0 Å². The molecule has 4 nitrogen and oxygen atoms in total. The summed E-state index contributed by atoms with van der Waals surface area (Å²) in [7, 11) is 0. The number of hydrogen-bond donors (Lipinski definition) is 2. The Balaban J connectivity index is 2.53. The first kappa shape index (κ1) is 17.2. The van der Waals surface area contributed by atoms with Crippen LogP contribution in [-0.2, 0) is 4.74 Å². The highest BCUT2D eigenvalue weighted by Gasteiger charge is 2.08. The number of nitrogens with one attached hydrogen (secondary N) is 1. The first-order valence-electron chi connectivity index (χ1n) is 7.25. The molecule has 114 valence electrons. The second-order valence-electron chi connectivity index (χ2n) is 4.71. The van der Waals surface area contributed by atoms with E-state index in [0.717, 1.165) is 30.6 Å². The maximum absolute atomic E-state index is 12.1. The summed E-state index contributed by atoms with van der Waals surface area (Å²) < 4.78 is 5.40. The summed E-state index contributed by atoms with van der Waals surface area (Å²) in [5, 5.41) is 11.5. The van der Waals surface area contributed by atoms with E-state index in [2.05, 4.69) is 24.1 Å². The van der Waals surface area contributed by atoms with Crippen LogP contribution >= 0.6 is 0 Å². The number of benzene rings is 1. The Bertz CT molecular complexity index is 515. The molecular weight excluding hydrogens is 266 g/mol. The van der Waals surface area contributed by atoms with Crippen molar-refractivity contribution in [3.8, 4) is 11.8 Å². The Hall–Kier alpha value is -1.83. The predicted octanol–water partition coefficient (Wildman–Crippen LogP) is 1.89. The van der Waals surface area contributed by atoms with Crippen molar-refractivity contribution in [1.29, 1.82) is 0 Å². The van der Waals surface area contributed by atoms with Crippen LogP contribution in [0.4, 0.5) is 0 Å². The van der Waals surface area contributed by atoms with Gasteiger partial charge in [-0.15, -0.1) is 0 Å². The van der Waals surface area contributed by atoms with Crippen LogP contribution in [0.25, 0.3) is 0 Å². The van der Waals surface area contributed by atoms with Crippen LogP contribution in [0.3, 0.4) is 0 Å². The Kier molecular flexibility index (Phi) is 8.18. The molecule has 0 aliphatic carbocycles. The normalized spacial score (nSPS) is 9.86. The zero-order valence-electron chi connectivity index (χ0n) is 12.7. The fraction of sp³-hybridized carbons (Fsp3) is 0.471. The van der Waals surface area contributed by atoms with Gasteiger partial charge in [-0.2, -0.15) is 0 Å². The van der Waals surface area contributed by atoms with Gasteiger partial charge in [0.05, 0.1) is 6.61 Å². The molecule has 0 aliphatic heterocycles. The number of unbranched alkanes of at least 4 members (excludes halogenated alkanes) is 1. The van der Waals surface area contributed by atoms with Gasteiger partial charge in [0, 0.05) is 24.3 Å². The van der Waals surface area contributed by atoms with Gasteiger partial charge in [-0.3, -0.25) is 4.79 Å². The minimum atomic E-state index is -0.190. The van der Waals surface area contributed by atoms with Crippen LogP contribution in [0.2, 0.25) is 0 Å². The number of amides is 1. The number of aliphatic hydroxyl groups excluding tert-OH is 1. The number of carbonyl (C=O) groups excluding carboxylic acids is 1. The lowest BCUT2D eigenvalue weighted by atomic mass is 10.0. The fourth-order valence-corrected chi connectivity index (χ4v) is 1.77. The van der Waals surface area contributed by atoms with Crippen LogP contribution in [-0.4, -0.2) is 37.4 Å². The quantitative estimate of drug-likeness (QED) is 0.595. The zero-order chi connectivity index (χ0) is 15.5. The maximum Gasteiger partial charge on any atom is 0.251 e. The van der Waals surface area contributed by atoms with Gasteiger partial charge < -0.3 is 15.2 Å². The molecule has 0 radical (unpaired) electrons. The lowest BCUT2D eigenvalue weighted by molar-refractivity contribution is 0.0912. The molecule has 0 fully saturated rings. The van der Waals surface area contributed by atoms with E-state index in [9.17, 15) is 4.79 Å². The number of carbonyl (C=O) groups is 1. The van der Waals surface area contributed by atoms with Gasteiger partial charge in [0.1, 0.15) is 6.61 Å². The molecule has 1 rings (SSSR count). The molecule has 4 heteroatoms. The molecule has 0 aromatic heterocycles. The smallest absolute Gasteiger partial charge is 0.251 e. The first-order valence-corrected chi connectivity index (χ1v) is 7.25. The largest absolute Gasteiger partial charge is 0.384 e. The van der Waals surface area contributed by atoms with Crippen molar-refractivity contribution in [3.05, 3.63) is 34.9 Å². The summed E-state index contributed by atoms with van der Waals surface area (Å²) in [6.45, 7) is 5.56. The standard InChI is InChI=1S/C17H23NO3/c1-3-4-11-21-12-9-18-17(20)16-13-15(6-5-10-19)8-7-14(16)2/h7-8,13,19H,3-4,9-12H2,1-2H3,(H,18,20). The van der Waals surface area contributed by atoms with E-state index in [4.69, 9.17) is 9.84 Å². The van der Waals surface area contributed by atoms with Crippen LogP contribution in [0.1, 0.15) is 41.3 Å². The molecule has 1 aromatic rings. The summed E-state index contributed by atoms with van der Waals surface area (Å²) >= 11 is 0. The number of ether oxygens (including phenoxy) is 1. The number of aliphatic hydroxyl groups is 1. The third-order valence-corrected chi connectivity index (χ3v) is 2.97. The summed E-state index contributed by atoms with van der Waals surface area (Å²) in [6, 6.07) is 5.43. The van der Waals surface area contributed by atoms with Crippen molar-refractivity contribution < 1.29 is 14.6 Å². The molecule has 2 N–H and O–H groups in total. The van der Waals surface area contributed by atoms with Crippen molar-refractivity contribution in [2.45, 2.75) is 26.7 Å². The van der Waals surface area contributed by atoms with E-state index < -0.39 is 0 Å². The second-order valence-corrected chi connectivity index (χ2v) is 4.71. The van der Waals surface area contributed by atoms with Crippen molar-refractivity contribution >= 4 is 5.91 Å². The van der Waals surface area contributed by atoms with Crippen molar-refractivity contribution in [2.24, 2.45) is 0 Å². The molecule has 1 amide bonds. The average molecular weight is 289 g/mol. The lowest BCUT2D eigenvalue weighted by Gasteiger charge is -2.08. The first-order chi connectivity index (χ1) is 10.2. The minimum absolute atomic E-state index is 0.126. The minimum Gasteiger partial charge on any atom is -0.384 e. The van der Waals surface area contributed by atoms with Gasteiger partial charge in [0.15, 0.2) is 0 Å². The zero-order valence-corrected chi connectivity index (χ0v) is 12.7. The summed E-state index contributed by atoms with van der Waals surface area (Å²) in [5.74, 6) is 5.25. The molecule has 0 bridgehead atoms. The van der Waals surface area contributed by atoms with Gasteiger partial charge in [-0.05, 0) is 31.0 Å². The van der Waals surface area contributed by atoms with E-state index in [1.54, 1.807) is 6.07 Å².